The molecular formula is C17H18N4O4. The zero-order valence-corrected chi connectivity index (χ0v) is 13.7. The molecule has 0 saturated carbocycles. The number of rotatable bonds is 4. The first-order chi connectivity index (χ1) is 12.0. The monoisotopic (exact) mass is 342 g/mol. The van der Waals surface area contributed by atoms with Gasteiger partial charge in [-0.1, -0.05) is 18.2 Å². The summed E-state index contributed by atoms with van der Waals surface area (Å²) in [6.07, 6.45) is 0.112. The summed E-state index contributed by atoms with van der Waals surface area (Å²) in [6, 6.07) is 8.68. The topological polar surface area (TPSA) is 115 Å². The van der Waals surface area contributed by atoms with Crippen LogP contribution < -0.4 is 21.3 Å². The number of carbonyl (C=O) groups is 2. The summed E-state index contributed by atoms with van der Waals surface area (Å²) in [6.45, 7) is 0.288. The van der Waals surface area contributed by atoms with E-state index in [1.54, 1.807) is 11.9 Å². The molecule has 2 aromatic rings. The SMILES string of the molecule is CN1C(=O)C[C@@H](CNC(=O)Cc2cc(=O)[nH][nH]c2=O)c2ccccc21. The van der Waals surface area contributed by atoms with Crippen molar-refractivity contribution in [3.8, 4) is 0 Å². The first-order valence-electron chi connectivity index (χ1n) is 7.89. The number of anilines is 1. The highest BCUT2D eigenvalue weighted by atomic mass is 16.2. The van der Waals surface area contributed by atoms with Gasteiger partial charge in [0.2, 0.25) is 11.8 Å². The lowest BCUT2D eigenvalue weighted by Crippen LogP contribution is -2.38. The number of benzene rings is 1. The Labute approximate surface area is 142 Å². The third-order valence-corrected chi connectivity index (χ3v) is 4.33. The highest BCUT2D eigenvalue weighted by molar-refractivity contribution is 5.96. The van der Waals surface area contributed by atoms with E-state index in [0.29, 0.717) is 6.42 Å². The van der Waals surface area contributed by atoms with E-state index in [9.17, 15) is 19.2 Å². The van der Waals surface area contributed by atoms with Crippen molar-refractivity contribution < 1.29 is 9.59 Å². The molecule has 1 aromatic carbocycles. The Hall–Kier alpha value is -3.16. The average Bonchev–Trinajstić information content (AvgIpc) is 2.60. The number of amides is 2. The summed E-state index contributed by atoms with van der Waals surface area (Å²) in [7, 11) is 1.73. The van der Waals surface area contributed by atoms with Gasteiger partial charge in [-0.3, -0.25) is 29.4 Å². The Balaban J connectivity index is 1.69. The quantitative estimate of drug-likeness (QED) is 0.718. The van der Waals surface area contributed by atoms with E-state index in [1.165, 1.54) is 0 Å². The average molecular weight is 342 g/mol. The minimum atomic E-state index is -0.505. The Kier molecular flexibility index (Phi) is 4.51. The molecular weight excluding hydrogens is 324 g/mol. The summed E-state index contributed by atoms with van der Waals surface area (Å²) in [5.41, 5.74) is 0.954. The molecule has 0 bridgehead atoms. The van der Waals surface area contributed by atoms with E-state index in [4.69, 9.17) is 0 Å². The fraction of sp³-hybridized carbons (Fsp3) is 0.294. The molecule has 2 heterocycles. The highest BCUT2D eigenvalue weighted by Crippen LogP contribution is 2.34. The van der Waals surface area contributed by atoms with Crippen molar-refractivity contribution >= 4 is 17.5 Å². The van der Waals surface area contributed by atoms with Crippen molar-refractivity contribution in [1.82, 2.24) is 15.5 Å². The molecule has 2 amide bonds. The predicted octanol–water partition coefficient (Wildman–Crippen LogP) is -0.128. The van der Waals surface area contributed by atoms with E-state index in [1.807, 2.05) is 24.3 Å². The van der Waals surface area contributed by atoms with Gasteiger partial charge in [-0.25, -0.2) is 0 Å². The number of aromatic nitrogens is 2. The van der Waals surface area contributed by atoms with E-state index in [-0.39, 0.29) is 36.3 Å². The van der Waals surface area contributed by atoms with Gasteiger partial charge in [0.15, 0.2) is 0 Å². The molecule has 0 saturated heterocycles. The van der Waals surface area contributed by atoms with Crippen LogP contribution in [0.1, 0.15) is 23.5 Å². The van der Waals surface area contributed by atoms with Crippen LogP contribution in [0.2, 0.25) is 0 Å². The molecule has 1 aliphatic rings. The van der Waals surface area contributed by atoms with Crippen LogP contribution in [0, 0.1) is 0 Å². The summed E-state index contributed by atoms with van der Waals surface area (Å²) in [4.78, 5) is 48.7. The predicted molar refractivity (Wildman–Crippen MR) is 91.6 cm³/mol. The second-order valence-electron chi connectivity index (χ2n) is 6.01. The maximum Gasteiger partial charge on any atom is 0.266 e. The molecule has 0 spiro atoms. The Morgan fingerprint density at radius 3 is 2.80 bits per heavy atom. The molecule has 25 heavy (non-hydrogen) atoms. The lowest BCUT2D eigenvalue weighted by Gasteiger charge is -2.31. The van der Waals surface area contributed by atoms with Crippen LogP contribution in [0.5, 0.6) is 0 Å². The fourth-order valence-corrected chi connectivity index (χ4v) is 2.97. The third-order valence-electron chi connectivity index (χ3n) is 4.33. The van der Waals surface area contributed by atoms with Crippen molar-refractivity contribution in [3.05, 3.63) is 62.2 Å². The number of nitrogens with zero attached hydrogens (tertiary/aromatic N) is 1. The first-order valence-corrected chi connectivity index (χ1v) is 7.89. The lowest BCUT2D eigenvalue weighted by atomic mass is 9.89. The molecule has 130 valence electrons. The van der Waals surface area contributed by atoms with Crippen LogP contribution in [0.3, 0.4) is 0 Å². The van der Waals surface area contributed by atoms with Crippen LogP contribution in [0.4, 0.5) is 5.69 Å². The number of fused-ring (bicyclic) bond motifs is 1. The summed E-state index contributed by atoms with van der Waals surface area (Å²) >= 11 is 0. The maximum absolute atomic E-state index is 12.1. The highest BCUT2D eigenvalue weighted by Gasteiger charge is 2.28. The van der Waals surface area contributed by atoms with Gasteiger partial charge in [0.25, 0.3) is 11.1 Å². The second-order valence-corrected chi connectivity index (χ2v) is 6.01. The summed E-state index contributed by atoms with van der Waals surface area (Å²) in [5, 5.41) is 7.08. The van der Waals surface area contributed by atoms with E-state index < -0.39 is 11.1 Å². The zero-order valence-electron chi connectivity index (χ0n) is 13.7. The minimum Gasteiger partial charge on any atom is -0.355 e. The van der Waals surface area contributed by atoms with Crippen molar-refractivity contribution in [2.24, 2.45) is 0 Å². The van der Waals surface area contributed by atoms with Crippen molar-refractivity contribution in [3.63, 3.8) is 0 Å². The van der Waals surface area contributed by atoms with Crippen LogP contribution in [0.15, 0.2) is 39.9 Å². The standard InChI is InChI=1S/C17H18N4O4/c1-21-13-5-3-2-4-12(13)11(8-16(21)24)9-18-14(22)6-10-7-15(23)19-20-17(10)25/h2-5,7,11H,6,8-9H2,1H3,(H,18,22)(H,19,23)(H,20,25)/t11-/m0/s1. The molecule has 1 aromatic heterocycles. The molecule has 0 aliphatic carbocycles. The van der Waals surface area contributed by atoms with E-state index in [0.717, 1.165) is 17.3 Å². The first kappa shape index (κ1) is 16.7. The molecule has 3 N–H and O–H groups in total. The van der Waals surface area contributed by atoms with E-state index >= 15 is 0 Å². The largest absolute Gasteiger partial charge is 0.355 e. The van der Waals surface area contributed by atoms with Gasteiger partial charge in [0.05, 0.1) is 6.42 Å². The van der Waals surface area contributed by atoms with Crippen molar-refractivity contribution in [2.75, 3.05) is 18.5 Å². The van der Waals surface area contributed by atoms with Gasteiger partial charge >= 0.3 is 0 Å². The van der Waals surface area contributed by atoms with E-state index in [2.05, 4.69) is 15.5 Å². The number of aromatic amines is 2. The molecule has 0 unspecified atom stereocenters. The zero-order chi connectivity index (χ0) is 18.0. The smallest absolute Gasteiger partial charge is 0.266 e. The van der Waals surface area contributed by atoms with Gasteiger partial charge < -0.3 is 10.2 Å². The molecule has 1 atom stereocenters. The normalized spacial score (nSPS) is 16.4. The number of hydrogen-bond acceptors (Lipinski definition) is 4. The molecule has 3 rings (SSSR count). The molecule has 0 radical (unpaired) electrons. The Morgan fingerprint density at radius 2 is 2.00 bits per heavy atom. The van der Waals surface area contributed by atoms with Crippen LogP contribution >= 0.6 is 0 Å². The van der Waals surface area contributed by atoms with Crippen molar-refractivity contribution in [1.29, 1.82) is 0 Å². The molecule has 1 aliphatic heterocycles. The fourth-order valence-electron chi connectivity index (χ4n) is 2.97. The lowest BCUT2D eigenvalue weighted by molar-refractivity contribution is -0.122. The summed E-state index contributed by atoms with van der Waals surface area (Å²) < 4.78 is 0. The van der Waals surface area contributed by atoms with Crippen LogP contribution in [-0.4, -0.2) is 35.6 Å². The Morgan fingerprint density at radius 1 is 1.24 bits per heavy atom. The van der Waals surface area contributed by atoms with Gasteiger partial charge in [0.1, 0.15) is 0 Å². The molecule has 0 fully saturated rings. The molecule has 8 heteroatoms. The van der Waals surface area contributed by atoms with Gasteiger partial charge in [-0.15, -0.1) is 0 Å². The van der Waals surface area contributed by atoms with Gasteiger partial charge in [-0.2, -0.15) is 0 Å². The maximum atomic E-state index is 12.1. The van der Waals surface area contributed by atoms with Crippen molar-refractivity contribution in [2.45, 2.75) is 18.8 Å². The van der Waals surface area contributed by atoms with Crippen LogP contribution in [0.25, 0.3) is 0 Å². The minimum absolute atomic E-state index is 0.0102. The summed E-state index contributed by atoms with van der Waals surface area (Å²) in [5.74, 6) is -0.509. The number of para-hydroxylation sites is 1. The number of hydrogen-bond donors (Lipinski definition) is 3. The molecule has 8 nitrogen and oxygen atoms in total. The van der Waals surface area contributed by atoms with Gasteiger partial charge in [0, 0.05) is 43.2 Å². The van der Waals surface area contributed by atoms with Crippen LogP contribution in [-0.2, 0) is 16.0 Å². The number of H-pyrrole nitrogens is 2. The number of nitrogens with one attached hydrogen (secondary N) is 3. The third kappa shape index (κ3) is 3.52. The second kappa shape index (κ2) is 6.76. The van der Waals surface area contributed by atoms with Gasteiger partial charge in [-0.05, 0) is 11.6 Å². The number of carbonyl (C=O) groups excluding carboxylic acids is 2. The Bertz CT molecular complexity index is 930.